The van der Waals surface area contributed by atoms with Crippen LogP contribution in [0.25, 0.3) is 0 Å². The first kappa shape index (κ1) is 18.3. The number of aromatic nitrogens is 2. The zero-order valence-electron chi connectivity index (χ0n) is 13.9. The average molecular weight is 328 g/mol. The molecule has 8 heteroatoms. The summed E-state index contributed by atoms with van der Waals surface area (Å²) in [6.07, 6.45) is 0. The molecule has 1 atom stereocenters. The van der Waals surface area contributed by atoms with Crippen molar-refractivity contribution in [1.82, 2.24) is 9.13 Å². The van der Waals surface area contributed by atoms with Gasteiger partial charge in [0, 0.05) is 25.9 Å². The van der Waals surface area contributed by atoms with Gasteiger partial charge < -0.3 is 5.73 Å². The molecule has 0 saturated carbocycles. The van der Waals surface area contributed by atoms with Crippen molar-refractivity contribution in [1.29, 1.82) is 0 Å². The van der Waals surface area contributed by atoms with Gasteiger partial charge in [-0.15, -0.1) is 0 Å². The van der Waals surface area contributed by atoms with Gasteiger partial charge in [0.05, 0.1) is 10.8 Å². The quantitative estimate of drug-likeness (QED) is 0.635. The summed E-state index contributed by atoms with van der Waals surface area (Å²) in [4.78, 5) is 28.7. The number of nitrogens with zero attached hydrogens (tertiary/aromatic N) is 3. The molecular formula is C14H24N4O3S. The Hall–Kier alpha value is -1.70. The molecule has 0 aliphatic carbocycles. The molecule has 0 aliphatic rings. The van der Waals surface area contributed by atoms with E-state index in [0.717, 1.165) is 4.57 Å². The lowest BCUT2D eigenvalue weighted by Crippen LogP contribution is -2.44. The molecule has 7 nitrogen and oxygen atoms in total. The standard InChI is InChI=1S/C14H24N4O3S/c1-8(2)7-18-11(15)10(13(19)17(6)14(18)20)12(16-5)22(21)9(3)4/h8-9H,7,15H2,1-6H3. The fourth-order valence-electron chi connectivity index (χ4n) is 2.05. The van der Waals surface area contributed by atoms with Crippen LogP contribution in [0.4, 0.5) is 5.82 Å². The lowest BCUT2D eigenvalue weighted by atomic mass is 10.2. The number of aliphatic imine (C=N–C) groups is 1. The summed E-state index contributed by atoms with van der Waals surface area (Å²) in [5.41, 5.74) is 5.05. The van der Waals surface area contributed by atoms with Crippen molar-refractivity contribution in [2.45, 2.75) is 39.5 Å². The van der Waals surface area contributed by atoms with Crippen molar-refractivity contribution in [2.75, 3.05) is 12.8 Å². The summed E-state index contributed by atoms with van der Waals surface area (Å²) in [5.74, 6) is 0.194. The van der Waals surface area contributed by atoms with E-state index in [1.165, 1.54) is 18.7 Å². The van der Waals surface area contributed by atoms with Crippen LogP contribution in [0.3, 0.4) is 0 Å². The van der Waals surface area contributed by atoms with Crippen molar-refractivity contribution >= 4 is 21.7 Å². The lowest BCUT2D eigenvalue weighted by Gasteiger charge is -2.17. The lowest BCUT2D eigenvalue weighted by molar-refractivity contribution is 0.493. The van der Waals surface area contributed by atoms with E-state index in [9.17, 15) is 13.8 Å². The molecule has 0 fully saturated rings. The minimum absolute atomic E-state index is 0.0244. The topological polar surface area (TPSA) is 99.4 Å². The maximum absolute atomic E-state index is 12.4. The van der Waals surface area contributed by atoms with Gasteiger partial charge in [0.2, 0.25) is 0 Å². The molecule has 124 valence electrons. The molecule has 0 aliphatic heterocycles. The van der Waals surface area contributed by atoms with Crippen molar-refractivity contribution in [3.63, 3.8) is 0 Å². The third kappa shape index (κ3) is 3.37. The molecule has 1 heterocycles. The normalized spacial score (nSPS) is 13.9. The van der Waals surface area contributed by atoms with E-state index in [4.69, 9.17) is 5.73 Å². The van der Waals surface area contributed by atoms with Crippen LogP contribution in [0, 0.1) is 5.92 Å². The van der Waals surface area contributed by atoms with E-state index in [1.807, 2.05) is 13.8 Å². The van der Waals surface area contributed by atoms with E-state index in [0.29, 0.717) is 6.54 Å². The minimum Gasteiger partial charge on any atom is -0.384 e. The number of anilines is 1. The van der Waals surface area contributed by atoms with E-state index < -0.39 is 22.0 Å². The summed E-state index contributed by atoms with van der Waals surface area (Å²) < 4.78 is 14.7. The summed E-state index contributed by atoms with van der Waals surface area (Å²) >= 11 is 0. The zero-order chi connectivity index (χ0) is 17.2. The fraction of sp³-hybridized carbons (Fsp3) is 0.643. The number of nitrogens with two attached hydrogens (primary N) is 1. The van der Waals surface area contributed by atoms with Crippen LogP contribution in [0.2, 0.25) is 0 Å². The molecular weight excluding hydrogens is 304 g/mol. The first-order chi connectivity index (χ1) is 10.1. The van der Waals surface area contributed by atoms with Crippen molar-refractivity contribution in [3.05, 3.63) is 26.4 Å². The highest BCUT2D eigenvalue weighted by atomic mass is 32.2. The highest BCUT2D eigenvalue weighted by Crippen LogP contribution is 2.13. The molecule has 0 radical (unpaired) electrons. The first-order valence-corrected chi connectivity index (χ1v) is 8.31. The smallest absolute Gasteiger partial charge is 0.332 e. The largest absolute Gasteiger partial charge is 0.384 e. The number of rotatable bonds is 4. The Kier molecular flexibility index (Phi) is 5.87. The van der Waals surface area contributed by atoms with Gasteiger partial charge in [0.1, 0.15) is 16.4 Å². The Morgan fingerprint density at radius 3 is 2.23 bits per heavy atom. The molecule has 1 aromatic heterocycles. The van der Waals surface area contributed by atoms with Crippen LogP contribution in [0.15, 0.2) is 14.6 Å². The molecule has 1 unspecified atom stereocenters. The van der Waals surface area contributed by atoms with Gasteiger partial charge in [-0.3, -0.25) is 23.1 Å². The van der Waals surface area contributed by atoms with Gasteiger partial charge in [-0.05, 0) is 5.92 Å². The zero-order valence-corrected chi connectivity index (χ0v) is 14.7. The number of nitrogen functional groups attached to an aromatic ring is 1. The second-order valence-corrected chi connectivity index (χ2v) is 7.71. The first-order valence-electron chi connectivity index (χ1n) is 7.10. The molecule has 2 N–H and O–H groups in total. The van der Waals surface area contributed by atoms with E-state index in [2.05, 4.69) is 4.99 Å². The molecule has 0 bridgehead atoms. The maximum Gasteiger partial charge on any atom is 0.332 e. The van der Waals surface area contributed by atoms with Crippen LogP contribution in [0.5, 0.6) is 0 Å². The molecule has 0 spiro atoms. The Morgan fingerprint density at radius 1 is 1.27 bits per heavy atom. The van der Waals surface area contributed by atoms with Gasteiger partial charge in [0.25, 0.3) is 5.56 Å². The Bertz CT molecular complexity index is 729. The second kappa shape index (κ2) is 7.04. The van der Waals surface area contributed by atoms with Crippen molar-refractivity contribution in [2.24, 2.45) is 18.0 Å². The van der Waals surface area contributed by atoms with Gasteiger partial charge in [0.15, 0.2) is 0 Å². The average Bonchev–Trinajstić information content (AvgIpc) is 2.45. The van der Waals surface area contributed by atoms with Crippen LogP contribution in [-0.4, -0.2) is 30.7 Å². The maximum atomic E-state index is 12.4. The molecule has 1 aromatic rings. The molecule has 0 aromatic carbocycles. The summed E-state index contributed by atoms with van der Waals surface area (Å²) in [7, 11) is 1.37. The second-order valence-electron chi connectivity index (χ2n) is 5.79. The van der Waals surface area contributed by atoms with Gasteiger partial charge >= 0.3 is 5.69 Å². The van der Waals surface area contributed by atoms with Gasteiger partial charge in [-0.25, -0.2) is 4.79 Å². The Morgan fingerprint density at radius 2 is 1.82 bits per heavy atom. The van der Waals surface area contributed by atoms with Crippen LogP contribution in [0.1, 0.15) is 33.3 Å². The van der Waals surface area contributed by atoms with Crippen LogP contribution in [-0.2, 0) is 24.4 Å². The van der Waals surface area contributed by atoms with Crippen molar-refractivity contribution < 1.29 is 4.21 Å². The molecule has 22 heavy (non-hydrogen) atoms. The highest BCUT2D eigenvalue weighted by molar-refractivity contribution is 8.01. The van der Waals surface area contributed by atoms with Crippen LogP contribution >= 0.6 is 0 Å². The molecule has 0 saturated heterocycles. The predicted octanol–water partition coefficient (Wildman–Crippen LogP) is 0.319. The third-order valence-corrected chi connectivity index (χ3v) is 4.79. The van der Waals surface area contributed by atoms with E-state index in [1.54, 1.807) is 13.8 Å². The monoisotopic (exact) mass is 328 g/mol. The molecule has 0 amide bonds. The highest BCUT2D eigenvalue weighted by Gasteiger charge is 2.25. The van der Waals surface area contributed by atoms with Crippen molar-refractivity contribution in [3.8, 4) is 0 Å². The minimum atomic E-state index is -1.48. The summed E-state index contributed by atoms with van der Waals surface area (Å²) in [5, 5.41) is -0.0844. The SMILES string of the molecule is CN=C(c1c(N)n(CC(C)C)c(=O)n(C)c1=O)S(=O)C(C)C. The van der Waals surface area contributed by atoms with Gasteiger partial charge in [-0.1, -0.05) is 27.7 Å². The Labute approximate surface area is 132 Å². The molecule has 1 rings (SSSR count). The van der Waals surface area contributed by atoms with Crippen LogP contribution < -0.4 is 17.0 Å². The summed E-state index contributed by atoms with van der Waals surface area (Å²) in [6, 6.07) is 0. The fourth-order valence-corrected chi connectivity index (χ4v) is 3.07. The Balaban J connectivity index is 3.76. The van der Waals surface area contributed by atoms with E-state index in [-0.39, 0.29) is 27.6 Å². The third-order valence-electron chi connectivity index (χ3n) is 3.17. The number of hydrogen-bond donors (Lipinski definition) is 1. The van der Waals surface area contributed by atoms with E-state index >= 15 is 0 Å². The van der Waals surface area contributed by atoms with Gasteiger partial charge in [-0.2, -0.15) is 0 Å². The predicted molar refractivity (Wildman–Crippen MR) is 90.9 cm³/mol. The summed E-state index contributed by atoms with van der Waals surface area (Å²) in [6.45, 7) is 7.80. The number of hydrogen-bond acceptors (Lipinski definition) is 5.